The molecule has 1 aromatic carbocycles. The SMILES string of the molecule is C=O.C=O.[B]N(C)Nc1ccc(S(=O)(=O)NC2=CC=CC(C)(C)C=C2)cc1. The predicted molar refractivity (Wildman–Crippen MR) is 108 cm³/mol. The van der Waals surface area contributed by atoms with Crippen LogP contribution in [0.4, 0.5) is 5.69 Å². The van der Waals surface area contributed by atoms with Gasteiger partial charge in [-0.3, -0.25) is 9.64 Å². The first-order valence-electron chi connectivity index (χ1n) is 7.72. The Hall–Kier alpha value is -2.65. The smallest absolute Gasteiger partial charge is 0.261 e. The summed E-state index contributed by atoms with van der Waals surface area (Å²) in [5, 5.41) is 0. The Morgan fingerprint density at radius 3 is 2.11 bits per heavy atom. The number of hydrogen-bond donors (Lipinski definition) is 2. The maximum absolute atomic E-state index is 12.4. The zero-order valence-corrected chi connectivity index (χ0v) is 16.5. The molecule has 9 heteroatoms. The molecule has 2 N–H and O–H groups in total. The Kier molecular flexibility index (Phi) is 10.1. The lowest BCUT2D eigenvalue weighted by molar-refractivity contribution is -0.0987. The van der Waals surface area contributed by atoms with Crippen LogP contribution in [0.3, 0.4) is 0 Å². The van der Waals surface area contributed by atoms with Crippen LogP contribution in [0.5, 0.6) is 0 Å². The van der Waals surface area contributed by atoms with E-state index in [1.54, 1.807) is 31.3 Å². The largest absolute Gasteiger partial charge is 0.331 e. The second-order valence-corrected chi connectivity index (χ2v) is 7.67. The molecule has 1 aromatic rings. The lowest BCUT2D eigenvalue weighted by atomic mass is 9.93. The van der Waals surface area contributed by atoms with Crippen molar-refractivity contribution < 1.29 is 18.0 Å². The van der Waals surface area contributed by atoms with Gasteiger partial charge in [-0.25, -0.2) is 8.42 Å². The molecule has 0 saturated heterocycles. The van der Waals surface area contributed by atoms with E-state index in [4.69, 9.17) is 17.6 Å². The van der Waals surface area contributed by atoms with Gasteiger partial charge >= 0.3 is 0 Å². The van der Waals surface area contributed by atoms with E-state index in [2.05, 4.69) is 10.1 Å². The highest BCUT2D eigenvalue weighted by Gasteiger charge is 2.16. The molecule has 7 nitrogen and oxygen atoms in total. The van der Waals surface area contributed by atoms with Gasteiger partial charge in [0.2, 0.25) is 7.98 Å². The minimum absolute atomic E-state index is 0.106. The Morgan fingerprint density at radius 2 is 1.59 bits per heavy atom. The van der Waals surface area contributed by atoms with Gasteiger partial charge in [0.05, 0.1) is 4.90 Å². The molecule has 0 aliphatic heterocycles. The Morgan fingerprint density at radius 1 is 1.04 bits per heavy atom. The minimum atomic E-state index is -3.63. The van der Waals surface area contributed by atoms with Crippen molar-refractivity contribution >= 4 is 37.3 Å². The third-order valence-electron chi connectivity index (χ3n) is 3.22. The summed E-state index contributed by atoms with van der Waals surface area (Å²) >= 11 is 0. The molecular weight excluding hydrogens is 365 g/mol. The second-order valence-electron chi connectivity index (χ2n) is 5.99. The summed E-state index contributed by atoms with van der Waals surface area (Å²) in [6, 6.07) is 6.35. The number of allylic oxidation sites excluding steroid dienone is 5. The maximum atomic E-state index is 12.4. The van der Waals surface area contributed by atoms with Crippen molar-refractivity contribution in [2.45, 2.75) is 18.7 Å². The number of nitrogens with one attached hydrogen (secondary N) is 2. The van der Waals surface area contributed by atoms with Crippen LogP contribution >= 0.6 is 0 Å². The topological polar surface area (TPSA) is 95.6 Å². The molecule has 0 unspecified atom stereocenters. The van der Waals surface area contributed by atoms with Crippen molar-refractivity contribution in [2.75, 3.05) is 12.5 Å². The van der Waals surface area contributed by atoms with Gasteiger partial charge in [-0.05, 0) is 43.5 Å². The molecule has 0 atom stereocenters. The quantitative estimate of drug-likeness (QED) is 0.591. The van der Waals surface area contributed by atoms with Gasteiger partial charge in [-0.1, -0.05) is 32.1 Å². The van der Waals surface area contributed by atoms with Gasteiger partial charge < -0.3 is 15.0 Å². The normalized spacial score (nSPS) is 14.6. The first kappa shape index (κ1) is 24.4. The van der Waals surface area contributed by atoms with Crippen LogP contribution in [0.2, 0.25) is 0 Å². The number of carbonyl (C=O) groups excluding carboxylic acids is 2. The van der Waals surface area contributed by atoms with E-state index in [9.17, 15) is 8.42 Å². The molecule has 0 heterocycles. The number of rotatable bonds is 5. The van der Waals surface area contributed by atoms with Crippen molar-refractivity contribution in [3.63, 3.8) is 0 Å². The molecule has 0 aromatic heterocycles. The summed E-state index contributed by atoms with van der Waals surface area (Å²) in [4.78, 5) is 17.5. The van der Waals surface area contributed by atoms with Gasteiger partial charge in [-0.2, -0.15) is 0 Å². The molecule has 0 fully saturated rings. The van der Waals surface area contributed by atoms with Crippen LogP contribution in [-0.2, 0) is 19.6 Å². The molecule has 0 saturated carbocycles. The summed E-state index contributed by atoms with van der Waals surface area (Å²) < 4.78 is 27.5. The van der Waals surface area contributed by atoms with E-state index in [0.717, 1.165) is 0 Å². The highest BCUT2D eigenvalue weighted by atomic mass is 32.2. The van der Waals surface area contributed by atoms with Gasteiger partial charge in [0.1, 0.15) is 13.6 Å². The van der Waals surface area contributed by atoms with E-state index < -0.39 is 10.0 Å². The van der Waals surface area contributed by atoms with Crippen molar-refractivity contribution in [1.29, 1.82) is 0 Å². The molecule has 0 spiro atoms. The number of nitrogens with zero attached hydrogens (tertiary/aromatic N) is 1. The van der Waals surface area contributed by atoms with E-state index in [0.29, 0.717) is 11.4 Å². The van der Waals surface area contributed by atoms with E-state index >= 15 is 0 Å². The Balaban J connectivity index is 0.00000158. The van der Waals surface area contributed by atoms with Crippen LogP contribution in [0.15, 0.2) is 65.2 Å². The minimum Gasteiger partial charge on any atom is -0.331 e. The lowest BCUT2D eigenvalue weighted by Crippen LogP contribution is -2.23. The number of sulfonamides is 1. The van der Waals surface area contributed by atoms with Gasteiger partial charge in [0.15, 0.2) is 0 Å². The summed E-state index contributed by atoms with van der Waals surface area (Å²) in [7, 11) is 3.49. The first-order chi connectivity index (χ1) is 12.7. The Bertz CT molecular complexity index is 783. The van der Waals surface area contributed by atoms with Gasteiger partial charge in [0.25, 0.3) is 10.0 Å². The molecular formula is C18H24BN3O4S. The zero-order valence-electron chi connectivity index (χ0n) is 15.7. The van der Waals surface area contributed by atoms with Gasteiger partial charge in [0, 0.05) is 16.8 Å². The van der Waals surface area contributed by atoms with Crippen LogP contribution in [0.1, 0.15) is 13.8 Å². The summed E-state index contributed by atoms with van der Waals surface area (Å²) in [6.45, 7) is 8.09. The standard InChI is InChI=1S/C16H20BN3O2S.2CH2O/c1-16(2)11-4-5-14(10-12-16)19-23(21,22)15-8-6-13(7-9-15)18-20(3)17;2*1-2/h4-12,18-19H,1-3H3;2*1H2. The fourth-order valence-corrected chi connectivity index (χ4v) is 3.07. The van der Waals surface area contributed by atoms with Crippen LogP contribution in [-0.4, -0.2) is 41.9 Å². The molecule has 27 heavy (non-hydrogen) atoms. The number of benzene rings is 1. The van der Waals surface area contributed by atoms with Crippen LogP contribution < -0.4 is 10.1 Å². The van der Waals surface area contributed by atoms with E-state index in [1.165, 1.54) is 17.1 Å². The third-order valence-corrected chi connectivity index (χ3v) is 4.61. The molecule has 2 radical (unpaired) electrons. The molecule has 0 amide bonds. The molecule has 1 aliphatic carbocycles. The summed E-state index contributed by atoms with van der Waals surface area (Å²) in [5.41, 5.74) is 3.97. The van der Waals surface area contributed by atoms with Crippen molar-refractivity contribution in [3.8, 4) is 0 Å². The monoisotopic (exact) mass is 389 g/mol. The highest BCUT2D eigenvalue weighted by molar-refractivity contribution is 7.89. The van der Waals surface area contributed by atoms with E-state index in [1.807, 2.05) is 45.7 Å². The predicted octanol–water partition coefficient (Wildman–Crippen LogP) is 1.97. The van der Waals surface area contributed by atoms with Crippen LogP contribution in [0.25, 0.3) is 0 Å². The number of anilines is 1. The zero-order chi connectivity index (χ0) is 21.1. The lowest BCUT2D eigenvalue weighted by Gasteiger charge is -2.15. The fourth-order valence-electron chi connectivity index (χ4n) is 2.01. The maximum Gasteiger partial charge on any atom is 0.261 e. The molecule has 144 valence electrons. The molecule has 2 rings (SSSR count). The summed E-state index contributed by atoms with van der Waals surface area (Å²) in [5.74, 6) is 0. The average molecular weight is 389 g/mol. The Labute approximate surface area is 162 Å². The first-order valence-corrected chi connectivity index (χ1v) is 9.21. The molecule has 0 bridgehead atoms. The average Bonchev–Trinajstić information content (AvgIpc) is 2.79. The van der Waals surface area contributed by atoms with Crippen molar-refractivity contribution in [1.82, 2.24) is 9.64 Å². The summed E-state index contributed by atoms with van der Waals surface area (Å²) in [6.07, 6.45) is 9.32. The second kappa shape index (κ2) is 11.1. The van der Waals surface area contributed by atoms with Crippen LogP contribution in [0, 0.1) is 5.41 Å². The molecule has 1 aliphatic rings. The van der Waals surface area contributed by atoms with Gasteiger partial charge in [-0.15, -0.1) is 0 Å². The number of hydrogen-bond acceptors (Lipinski definition) is 6. The third kappa shape index (κ3) is 8.52. The fraction of sp³-hybridized carbons (Fsp3) is 0.222. The van der Waals surface area contributed by atoms with Crippen molar-refractivity contribution in [2.24, 2.45) is 5.41 Å². The van der Waals surface area contributed by atoms with E-state index in [-0.39, 0.29) is 10.3 Å². The highest BCUT2D eigenvalue weighted by Crippen LogP contribution is 2.23. The number of carbonyl (C=O) groups is 2. The van der Waals surface area contributed by atoms with Crippen molar-refractivity contribution in [3.05, 3.63) is 60.3 Å². The number of hydrazine groups is 1.